The van der Waals surface area contributed by atoms with Gasteiger partial charge in [-0.1, -0.05) is 13.8 Å². The monoisotopic (exact) mass is 236 g/mol. The minimum atomic E-state index is -0.545. The largest absolute Gasteiger partial charge is 0.321 e. The van der Waals surface area contributed by atoms with E-state index in [-0.39, 0.29) is 11.5 Å². The smallest absolute Gasteiger partial charge is 0.269 e. The lowest BCUT2D eigenvalue weighted by molar-refractivity contribution is -0.384. The van der Waals surface area contributed by atoms with Crippen molar-refractivity contribution in [2.24, 2.45) is 11.7 Å². The molecule has 0 unspecified atom stereocenters. The van der Waals surface area contributed by atoms with Crippen LogP contribution in [0.15, 0.2) is 24.3 Å². The van der Waals surface area contributed by atoms with Crippen LogP contribution in [0.2, 0.25) is 0 Å². The second kappa shape index (κ2) is 5.54. The van der Waals surface area contributed by atoms with Gasteiger partial charge in [-0.05, 0) is 24.5 Å². The van der Waals surface area contributed by atoms with Crippen LogP contribution in [0.3, 0.4) is 0 Å². The van der Waals surface area contributed by atoms with Crippen molar-refractivity contribution in [1.82, 2.24) is 0 Å². The number of Topliss-reactive ketones (excluding diaryl/α,β-unsaturated/α-hetero) is 1. The molecule has 0 saturated carbocycles. The SMILES string of the molecule is CC(C)C[C@H](N)C(=O)c1ccc([N+](=O)[O-])cc1. The Morgan fingerprint density at radius 3 is 2.29 bits per heavy atom. The summed E-state index contributed by atoms with van der Waals surface area (Å²) in [7, 11) is 0. The first-order valence-electron chi connectivity index (χ1n) is 5.46. The molecular weight excluding hydrogens is 220 g/mol. The molecule has 0 heterocycles. The summed E-state index contributed by atoms with van der Waals surface area (Å²) in [5.74, 6) is 0.167. The summed E-state index contributed by atoms with van der Waals surface area (Å²) in [5, 5.41) is 10.5. The Labute approximate surface area is 99.8 Å². The highest BCUT2D eigenvalue weighted by Gasteiger charge is 2.17. The molecule has 1 aromatic rings. The van der Waals surface area contributed by atoms with E-state index in [1.807, 2.05) is 13.8 Å². The Morgan fingerprint density at radius 2 is 1.88 bits per heavy atom. The highest BCUT2D eigenvalue weighted by Crippen LogP contribution is 2.14. The minimum absolute atomic E-state index is 0.0287. The van der Waals surface area contributed by atoms with Crippen LogP contribution < -0.4 is 5.73 Å². The lowest BCUT2D eigenvalue weighted by Gasteiger charge is -2.12. The fourth-order valence-electron chi connectivity index (χ4n) is 1.58. The van der Waals surface area contributed by atoms with E-state index in [0.29, 0.717) is 17.9 Å². The summed E-state index contributed by atoms with van der Waals surface area (Å²) in [4.78, 5) is 21.8. The first-order valence-corrected chi connectivity index (χ1v) is 5.46. The van der Waals surface area contributed by atoms with E-state index in [1.165, 1.54) is 24.3 Å². The summed E-state index contributed by atoms with van der Waals surface area (Å²) in [6.45, 7) is 3.98. The number of non-ortho nitro benzene ring substituents is 1. The molecule has 5 nitrogen and oxygen atoms in total. The van der Waals surface area contributed by atoms with E-state index in [1.54, 1.807) is 0 Å². The molecule has 0 spiro atoms. The van der Waals surface area contributed by atoms with E-state index in [9.17, 15) is 14.9 Å². The van der Waals surface area contributed by atoms with Crippen LogP contribution in [0.1, 0.15) is 30.6 Å². The summed E-state index contributed by atoms with van der Waals surface area (Å²) in [5.41, 5.74) is 6.16. The van der Waals surface area contributed by atoms with Gasteiger partial charge in [0.1, 0.15) is 0 Å². The molecule has 0 amide bonds. The number of benzene rings is 1. The van der Waals surface area contributed by atoms with Crippen molar-refractivity contribution in [2.45, 2.75) is 26.3 Å². The van der Waals surface area contributed by atoms with Crippen LogP contribution in [-0.2, 0) is 0 Å². The third-order valence-corrected chi connectivity index (χ3v) is 2.42. The van der Waals surface area contributed by atoms with E-state index in [2.05, 4.69) is 0 Å². The molecule has 5 heteroatoms. The number of carbonyl (C=O) groups excluding carboxylic acids is 1. The van der Waals surface area contributed by atoms with Crippen molar-refractivity contribution in [2.75, 3.05) is 0 Å². The quantitative estimate of drug-likeness (QED) is 0.482. The van der Waals surface area contributed by atoms with Crippen LogP contribution in [0.4, 0.5) is 5.69 Å². The Morgan fingerprint density at radius 1 is 1.35 bits per heavy atom. The topological polar surface area (TPSA) is 86.2 Å². The van der Waals surface area contributed by atoms with Gasteiger partial charge in [0.2, 0.25) is 0 Å². The Kier molecular flexibility index (Phi) is 4.34. The molecule has 0 radical (unpaired) electrons. The molecular formula is C12H16N2O3. The van der Waals surface area contributed by atoms with Crippen molar-refractivity contribution >= 4 is 11.5 Å². The average Bonchev–Trinajstić information content (AvgIpc) is 2.27. The maximum atomic E-state index is 11.9. The number of rotatable bonds is 5. The van der Waals surface area contributed by atoms with Crippen molar-refractivity contribution < 1.29 is 9.72 Å². The van der Waals surface area contributed by atoms with Gasteiger partial charge in [0.05, 0.1) is 11.0 Å². The molecule has 0 aliphatic rings. The second-order valence-electron chi connectivity index (χ2n) is 4.40. The molecule has 2 N–H and O–H groups in total. The Bertz CT molecular complexity index is 412. The molecule has 0 saturated heterocycles. The van der Waals surface area contributed by atoms with Crippen LogP contribution >= 0.6 is 0 Å². The van der Waals surface area contributed by atoms with Crippen LogP contribution in [0.5, 0.6) is 0 Å². The number of nitrogens with zero attached hydrogens (tertiary/aromatic N) is 1. The van der Waals surface area contributed by atoms with Crippen LogP contribution in [-0.4, -0.2) is 16.7 Å². The standard InChI is InChI=1S/C12H16N2O3/c1-8(2)7-11(13)12(15)9-3-5-10(6-4-9)14(16)17/h3-6,8,11H,7,13H2,1-2H3/t11-/m0/s1. The molecule has 92 valence electrons. The third kappa shape index (κ3) is 3.64. The van der Waals surface area contributed by atoms with Crippen molar-refractivity contribution in [3.8, 4) is 0 Å². The zero-order valence-corrected chi connectivity index (χ0v) is 9.92. The van der Waals surface area contributed by atoms with Gasteiger partial charge in [-0.2, -0.15) is 0 Å². The summed E-state index contributed by atoms with van der Waals surface area (Å²) >= 11 is 0. The van der Waals surface area contributed by atoms with Crippen LogP contribution in [0, 0.1) is 16.0 Å². The van der Waals surface area contributed by atoms with Gasteiger partial charge < -0.3 is 5.73 Å². The predicted molar refractivity (Wildman–Crippen MR) is 64.9 cm³/mol. The van der Waals surface area contributed by atoms with Crippen molar-refractivity contribution in [3.05, 3.63) is 39.9 Å². The third-order valence-electron chi connectivity index (χ3n) is 2.42. The summed E-state index contributed by atoms with van der Waals surface area (Å²) in [6.07, 6.45) is 0.607. The molecule has 17 heavy (non-hydrogen) atoms. The number of ketones is 1. The first kappa shape index (κ1) is 13.3. The normalized spacial score (nSPS) is 12.5. The van der Waals surface area contributed by atoms with Crippen molar-refractivity contribution in [3.63, 3.8) is 0 Å². The number of hydrogen-bond acceptors (Lipinski definition) is 4. The fraction of sp³-hybridized carbons (Fsp3) is 0.417. The zero-order chi connectivity index (χ0) is 13.0. The van der Waals surface area contributed by atoms with Gasteiger partial charge >= 0.3 is 0 Å². The van der Waals surface area contributed by atoms with Gasteiger partial charge in [0.25, 0.3) is 5.69 Å². The summed E-state index contributed by atoms with van der Waals surface area (Å²) < 4.78 is 0. The average molecular weight is 236 g/mol. The first-order chi connectivity index (χ1) is 7.91. The molecule has 1 atom stereocenters. The highest BCUT2D eigenvalue weighted by atomic mass is 16.6. The lowest BCUT2D eigenvalue weighted by atomic mass is 9.97. The predicted octanol–water partition coefficient (Wildman–Crippen LogP) is 2.15. The molecule has 0 aliphatic heterocycles. The summed E-state index contributed by atoms with van der Waals surface area (Å²) in [6, 6.07) is 4.97. The fourth-order valence-corrected chi connectivity index (χ4v) is 1.58. The molecule has 0 bridgehead atoms. The zero-order valence-electron chi connectivity index (χ0n) is 9.92. The molecule has 0 aromatic heterocycles. The van der Waals surface area contributed by atoms with Gasteiger partial charge in [0.15, 0.2) is 5.78 Å². The van der Waals surface area contributed by atoms with Gasteiger partial charge in [-0.25, -0.2) is 0 Å². The van der Waals surface area contributed by atoms with E-state index in [4.69, 9.17) is 5.73 Å². The highest BCUT2D eigenvalue weighted by molar-refractivity contribution is 6.00. The number of nitrogens with two attached hydrogens (primary N) is 1. The number of hydrogen-bond donors (Lipinski definition) is 1. The number of carbonyl (C=O) groups is 1. The maximum Gasteiger partial charge on any atom is 0.269 e. The minimum Gasteiger partial charge on any atom is -0.321 e. The molecule has 0 aliphatic carbocycles. The number of nitro benzene ring substituents is 1. The van der Waals surface area contributed by atoms with Gasteiger partial charge in [-0.15, -0.1) is 0 Å². The van der Waals surface area contributed by atoms with Gasteiger partial charge in [-0.3, -0.25) is 14.9 Å². The van der Waals surface area contributed by atoms with Crippen LogP contribution in [0.25, 0.3) is 0 Å². The maximum absolute atomic E-state index is 11.9. The van der Waals surface area contributed by atoms with E-state index >= 15 is 0 Å². The van der Waals surface area contributed by atoms with Gasteiger partial charge in [0, 0.05) is 17.7 Å². The molecule has 0 fully saturated rings. The molecule has 1 rings (SSSR count). The second-order valence-corrected chi connectivity index (χ2v) is 4.40. The number of nitro groups is 1. The van der Waals surface area contributed by atoms with E-state index < -0.39 is 11.0 Å². The lowest BCUT2D eigenvalue weighted by Crippen LogP contribution is -2.31. The Hall–Kier alpha value is -1.75. The Balaban J connectivity index is 2.79. The molecule has 1 aromatic carbocycles. The van der Waals surface area contributed by atoms with Crippen molar-refractivity contribution in [1.29, 1.82) is 0 Å². The van der Waals surface area contributed by atoms with E-state index in [0.717, 1.165) is 0 Å².